The molecular formula is C14H22N2O. The van der Waals surface area contributed by atoms with E-state index in [1.807, 2.05) is 0 Å². The smallest absolute Gasteiger partial charge is 0.0694 e. The molecule has 0 aliphatic carbocycles. The molecule has 0 saturated carbocycles. The summed E-state index contributed by atoms with van der Waals surface area (Å²) in [4.78, 5) is 2.42. The Balaban J connectivity index is 2.15. The van der Waals surface area contributed by atoms with Crippen molar-refractivity contribution < 1.29 is 4.74 Å². The van der Waals surface area contributed by atoms with Gasteiger partial charge in [0.25, 0.3) is 0 Å². The maximum absolute atomic E-state index is 5.56. The Morgan fingerprint density at radius 2 is 2.00 bits per heavy atom. The first-order valence-corrected chi connectivity index (χ1v) is 6.28. The van der Waals surface area contributed by atoms with Crippen LogP contribution in [-0.4, -0.2) is 31.8 Å². The molecule has 1 fully saturated rings. The Kier molecular flexibility index (Phi) is 3.69. The summed E-state index contributed by atoms with van der Waals surface area (Å²) in [6.45, 7) is 7.72. The van der Waals surface area contributed by atoms with E-state index in [-0.39, 0.29) is 5.54 Å². The third-order valence-electron chi connectivity index (χ3n) is 3.33. The molecular weight excluding hydrogens is 212 g/mol. The van der Waals surface area contributed by atoms with Crippen molar-refractivity contribution in [3.8, 4) is 0 Å². The fraction of sp³-hybridized carbons (Fsp3) is 0.571. The number of nitrogens with two attached hydrogens (primary N) is 1. The molecule has 0 radical (unpaired) electrons. The normalized spacial score (nSPS) is 19.4. The maximum Gasteiger partial charge on any atom is 0.0694 e. The first-order chi connectivity index (χ1) is 8.13. The monoisotopic (exact) mass is 234 g/mol. The third kappa shape index (κ3) is 2.79. The van der Waals surface area contributed by atoms with Gasteiger partial charge in [0.15, 0.2) is 0 Å². The van der Waals surface area contributed by atoms with Crippen molar-refractivity contribution in [3.63, 3.8) is 0 Å². The minimum Gasteiger partial charge on any atom is -0.377 e. The van der Waals surface area contributed by atoms with Crippen LogP contribution in [0.1, 0.15) is 19.4 Å². The lowest BCUT2D eigenvalue weighted by atomic mass is 10.0. The van der Waals surface area contributed by atoms with E-state index in [1.54, 1.807) is 0 Å². The first-order valence-electron chi connectivity index (χ1n) is 6.28. The van der Waals surface area contributed by atoms with Crippen molar-refractivity contribution in [3.05, 3.63) is 29.8 Å². The van der Waals surface area contributed by atoms with E-state index in [4.69, 9.17) is 10.5 Å². The molecule has 3 heteroatoms. The molecule has 1 aliphatic heterocycles. The molecule has 2 rings (SSSR count). The maximum atomic E-state index is 5.56. The molecule has 0 amide bonds. The van der Waals surface area contributed by atoms with E-state index < -0.39 is 0 Å². The van der Waals surface area contributed by atoms with Crippen molar-refractivity contribution in [2.45, 2.75) is 25.8 Å². The van der Waals surface area contributed by atoms with Gasteiger partial charge in [-0.3, -0.25) is 0 Å². The highest BCUT2D eigenvalue weighted by Crippen LogP contribution is 2.27. The highest BCUT2D eigenvalue weighted by atomic mass is 16.5. The second-order valence-corrected chi connectivity index (χ2v) is 5.22. The number of benzene rings is 1. The van der Waals surface area contributed by atoms with Crippen molar-refractivity contribution >= 4 is 5.69 Å². The topological polar surface area (TPSA) is 38.5 Å². The van der Waals surface area contributed by atoms with Gasteiger partial charge >= 0.3 is 0 Å². The fourth-order valence-corrected chi connectivity index (χ4v) is 2.35. The summed E-state index contributed by atoms with van der Waals surface area (Å²) in [5, 5.41) is 0. The van der Waals surface area contributed by atoms with Crippen LogP contribution in [-0.2, 0) is 11.2 Å². The molecule has 0 bridgehead atoms. The molecule has 2 N–H and O–H groups in total. The highest BCUT2D eigenvalue weighted by Gasteiger charge is 2.30. The molecule has 0 spiro atoms. The molecule has 1 saturated heterocycles. The van der Waals surface area contributed by atoms with Gasteiger partial charge < -0.3 is 15.4 Å². The Hall–Kier alpha value is -1.06. The minimum atomic E-state index is 0.0770. The van der Waals surface area contributed by atoms with Gasteiger partial charge in [-0.1, -0.05) is 12.1 Å². The Bertz CT molecular complexity index is 359. The van der Waals surface area contributed by atoms with Gasteiger partial charge in [0, 0.05) is 12.2 Å². The Morgan fingerprint density at radius 3 is 2.59 bits per heavy atom. The van der Waals surface area contributed by atoms with E-state index >= 15 is 0 Å². The predicted octanol–water partition coefficient (Wildman–Crippen LogP) is 1.80. The molecule has 17 heavy (non-hydrogen) atoms. The summed E-state index contributed by atoms with van der Waals surface area (Å²) in [7, 11) is 0. The molecule has 94 valence electrons. The van der Waals surface area contributed by atoms with Gasteiger partial charge in [-0.15, -0.1) is 0 Å². The molecule has 1 aliphatic rings. The van der Waals surface area contributed by atoms with E-state index in [0.29, 0.717) is 6.54 Å². The minimum absolute atomic E-state index is 0.0770. The standard InChI is InChI=1S/C14H22N2O/c1-14(2)11-17-10-9-16(14)13-5-3-12(4-6-13)7-8-15/h3-6H,7-11,15H2,1-2H3. The highest BCUT2D eigenvalue weighted by molar-refractivity contribution is 5.50. The number of hydrogen-bond donors (Lipinski definition) is 1. The fourth-order valence-electron chi connectivity index (χ4n) is 2.35. The van der Waals surface area contributed by atoms with Crippen molar-refractivity contribution in [1.29, 1.82) is 0 Å². The third-order valence-corrected chi connectivity index (χ3v) is 3.33. The van der Waals surface area contributed by atoms with Gasteiger partial charge in [-0.2, -0.15) is 0 Å². The number of ether oxygens (including phenoxy) is 1. The SMILES string of the molecule is CC1(C)COCCN1c1ccc(CCN)cc1. The second kappa shape index (κ2) is 5.07. The molecule has 0 unspecified atom stereocenters. The number of anilines is 1. The number of nitrogens with zero attached hydrogens (tertiary/aromatic N) is 1. The molecule has 1 heterocycles. The van der Waals surface area contributed by atoms with Gasteiger partial charge in [-0.25, -0.2) is 0 Å². The van der Waals surface area contributed by atoms with E-state index in [9.17, 15) is 0 Å². The largest absolute Gasteiger partial charge is 0.377 e. The van der Waals surface area contributed by atoms with Crippen LogP contribution >= 0.6 is 0 Å². The molecule has 1 aromatic carbocycles. The van der Waals surface area contributed by atoms with Crippen LogP contribution in [0.5, 0.6) is 0 Å². The summed E-state index contributed by atoms with van der Waals surface area (Å²) in [6.07, 6.45) is 0.951. The van der Waals surface area contributed by atoms with Gasteiger partial charge in [-0.05, 0) is 44.5 Å². The molecule has 0 aromatic heterocycles. The van der Waals surface area contributed by atoms with Crippen LogP contribution in [0.2, 0.25) is 0 Å². The van der Waals surface area contributed by atoms with Crippen molar-refractivity contribution in [1.82, 2.24) is 0 Å². The molecule has 0 atom stereocenters. The predicted molar refractivity (Wildman–Crippen MR) is 71.4 cm³/mol. The zero-order valence-corrected chi connectivity index (χ0v) is 10.8. The summed E-state index contributed by atoms with van der Waals surface area (Å²) >= 11 is 0. The van der Waals surface area contributed by atoms with Gasteiger partial charge in [0.1, 0.15) is 0 Å². The molecule has 3 nitrogen and oxygen atoms in total. The van der Waals surface area contributed by atoms with Crippen molar-refractivity contribution in [2.24, 2.45) is 5.73 Å². The van der Waals surface area contributed by atoms with Crippen LogP contribution in [0.4, 0.5) is 5.69 Å². The van der Waals surface area contributed by atoms with Gasteiger partial charge in [0.2, 0.25) is 0 Å². The lowest BCUT2D eigenvalue weighted by molar-refractivity contribution is 0.0644. The van der Waals surface area contributed by atoms with Crippen LogP contribution in [0.25, 0.3) is 0 Å². The van der Waals surface area contributed by atoms with Crippen LogP contribution in [0, 0.1) is 0 Å². The average Bonchev–Trinajstić information content (AvgIpc) is 2.30. The quantitative estimate of drug-likeness (QED) is 0.866. The summed E-state index contributed by atoms with van der Waals surface area (Å²) in [5.74, 6) is 0. The number of morpholine rings is 1. The first kappa shape index (κ1) is 12.4. The Labute approximate surface area is 104 Å². The van der Waals surface area contributed by atoms with Crippen LogP contribution in [0.15, 0.2) is 24.3 Å². The number of rotatable bonds is 3. The van der Waals surface area contributed by atoms with Crippen LogP contribution < -0.4 is 10.6 Å². The number of hydrogen-bond acceptors (Lipinski definition) is 3. The van der Waals surface area contributed by atoms with Crippen molar-refractivity contribution in [2.75, 3.05) is 31.2 Å². The zero-order valence-electron chi connectivity index (χ0n) is 10.8. The molecule has 1 aromatic rings. The zero-order chi connectivity index (χ0) is 12.3. The van der Waals surface area contributed by atoms with E-state index in [1.165, 1.54) is 11.3 Å². The van der Waals surface area contributed by atoms with E-state index in [2.05, 4.69) is 43.0 Å². The Morgan fingerprint density at radius 1 is 1.29 bits per heavy atom. The summed E-state index contributed by atoms with van der Waals surface area (Å²) in [6, 6.07) is 8.73. The van der Waals surface area contributed by atoms with E-state index in [0.717, 1.165) is 26.2 Å². The van der Waals surface area contributed by atoms with Gasteiger partial charge in [0.05, 0.1) is 18.8 Å². The summed E-state index contributed by atoms with van der Waals surface area (Å²) in [5.41, 5.74) is 8.22. The lowest BCUT2D eigenvalue weighted by Crippen LogP contribution is -2.53. The summed E-state index contributed by atoms with van der Waals surface area (Å²) < 4.78 is 5.54. The average molecular weight is 234 g/mol. The van der Waals surface area contributed by atoms with Crippen LogP contribution in [0.3, 0.4) is 0 Å². The lowest BCUT2D eigenvalue weighted by Gasteiger charge is -2.43. The second-order valence-electron chi connectivity index (χ2n) is 5.22.